The molecule has 0 aromatic carbocycles. The minimum Gasteiger partial charge on any atom is -0.379 e. The Labute approximate surface area is 150 Å². The standard InChI is InChI=1S/C22H30O3/c23-19-17-3-13-1-14(4-17)8-21(19,7-13)11-25-12-22-9-15-2-16(10-22)6-18(5-15)20(22)24/h13-18H,1-12H2. The second-order valence-corrected chi connectivity index (χ2v) is 10.9. The third-order valence-electron chi connectivity index (χ3n) is 9.07. The lowest BCUT2D eigenvalue weighted by Gasteiger charge is -2.56. The summed E-state index contributed by atoms with van der Waals surface area (Å²) >= 11 is 0. The van der Waals surface area contributed by atoms with Crippen molar-refractivity contribution in [1.82, 2.24) is 0 Å². The van der Waals surface area contributed by atoms with Crippen molar-refractivity contribution >= 4 is 11.6 Å². The molecule has 0 N–H and O–H groups in total. The lowest BCUT2D eigenvalue weighted by Crippen LogP contribution is -2.57. The van der Waals surface area contributed by atoms with E-state index in [-0.39, 0.29) is 10.8 Å². The van der Waals surface area contributed by atoms with Crippen LogP contribution >= 0.6 is 0 Å². The topological polar surface area (TPSA) is 43.4 Å². The zero-order valence-electron chi connectivity index (χ0n) is 15.2. The van der Waals surface area contributed by atoms with Crippen molar-refractivity contribution in [1.29, 1.82) is 0 Å². The lowest BCUT2D eigenvalue weighted by atomic mass is 9.49. The SMILES string of the molecule is O=C1C2CC3CC(C2)CC1(COCC12CC4CC(CC(C4)C1=O)C2)C3. The minimum atomic E-state index is -0.180. The molecule has 3 nitrogen and oxygen atoms in total. The van der Waals surface area contributed by atoms with E-state index < -0.39 is 0 Å². The van der Waals surface area contributed by atoms with E-state index in [0.717, 1.165) is 75.0 Å². The highest BCUT2D eigenvalue weighted by Crippen LogP contribution is 2.60. The normalized spacial score (nSPS) is 55.4. The Bertz CT molecular complexity index is 555. The van der Waals surface area contributed by atoms with Crippen molar-refractivity contribution < 1.29 is 14.3 Å². The number of ether oxygens (including phenoxy) is 1. The van der Waals surface area contributed by atoms with Crippen LogP contribution in [-0.2, 0) is 14.3 Å². The Hall–Kier alpha value is -0.700. The van der Waals surface area contributed by atoms with E-state index in [1.165, 1.54) is 12.8 Å². The average Bonchev–Trinajstić information content (AvgIpc) is 2.56. The second kappa shape index (κ2) is 4.97. The van der Waals surface area contributed by atoms with Gasteiger partial charge >= 0.3 is 0 Å². The van der Waals surface area contributed by atoms with Crippen LogP contribution < -0.4 is 0 Å². The van der Waals surface area contributed by atoms with Gasteiger partial charge in [0.15, 0.2) is 0 Å². The van der Waals surface area contributed by atoms with Crippen molar-refractivity contribution in [2.75, 3.05) is 13.2 Å². The van der Waals surface area contributed by atoms with Crippen LogP contribution in [0.1, 0.15) is 64.2 Å². The molecule has 8 bridgehead atoms. The number of ketones is 2. The summed E-state index contributed by atoms with van der Waals surface area (Å²) in [5.41, 5.74) is -0.361. The molecule has 0 saturated heterocycles. The van der Waals surface area contributed by atoms with Crippen LogP contribution in [0.3, 0.4) is 0 Å². The zero-order chi connectivity index (χ0) is 16.8. The highest BCUT2D eigenvalue weighted by molar-refractivity contribution is 5.90. The molecule has 8 aliphatic rings. The first-order chi connectivity index (χ1) is 12.1. The number of Topliss-reactive ketones (excluding diaryl/α,β-unsaturated/α-hetero) is 2. The maximum Gasteiger partial charge on any atom is 0.144 e. The van der Waals surface area contributed by atoms with Gasteiger partial charge in [-0.1, -0.05) is 0 Å². The monoisotopic (exact) mass is 342 g/mol. The van der Waals surface area contributed by atoms with Gasteiger partial charge in [0, 0.05) is 11.8 Å². The molecule has 8 aliphatic carbocycles. The molecule has 0 radical (unpaired) electrons. The Morgan fingerprint density at radius 2 is 1.00 bits per heavy atom. The number of hydrogen-bond acceptors (Lipinski definition) is 3. The van der Waals surface area contributed by atoms with Crippen LogP contribution in [0.5, 0.6) is 0 Å². The van der Waals surface area contributed by atoms with Gasteiger partial charge in [0.1, 0.15) is 11.6 Å². The molecule has 0 aromatic heterocycles. The summed E-state index contributed by atoms with van der Waals surface area (Å²) in [7, 11) is 0. The van der Waals surface area contributed by atoms with Crippen LogP contribution in [-0.4, -0.2) is 24.8 Å². The molecule has 25 heavy (non-hydrogen) atoms. The first kappa shape index (κ1) is 15.4. The van der Waals surface area contributed by atoms with Crippen LogP contribution in [0.2, 0.25) is 0 Å². The summed E-state index contributed by atoms with van der Waals surface area (Å²) in [6, 6.07) is 0. The van der Waals surface area contributed by atoms with Crippen LogP contribution in [0.25, 0.3) is 0 Å². The van der Waals surface area contributed by atoms with Crippen molar-refractivity contribution in [2.24, 2.45) is 46.3 Å². The third-order valence-corrected chi connectivity index (χ3v) is 9.07. The van der Waals surface area contributed by atoms with E-state index in [9.17, 15) is 9.59 Å². The maximum absolute atomic E-state index is 13.0. The van der Waals surface area contributed by atoms with E-state index >= 15 is 0 Å². The molecule has 136 valence electrons. The average molecular weight is 342 g/mol. The quantitative estimate of drug-likeness (QED) is 0.780. The largest absolute Gasteiger partial charge is 0.379 e. The second-order valence-electron chi connectivity index (χ2n) is 10.9. The highest BCUT2D eigenvalue weighted by atomic mass is 16.5. The van der Waals surface area contributed by atoms with E-state index in [4.69, 9.17) is 4.74 Å². The van der Waals surface area contributed by atoms with E-state index in [2.05, 4.69) is 0 Å². The molecule has 0 aromatic rings. The van der Waals surface area contributed by atoms with E-state index in [1.54, 1.807) is 0 Å². The van der Waals surface area contributed by atoms with Gasteiger partial charge in [0.25, 0.3) is 0 Å². The van der Waals surface area contributed by atoms with Crippen molar-refractivity contribution in [2.45, 2.75) is 64.2 Å². The fourth-order valence-corrected chi connectivity index (χ4v) is 8.69. The molecule has 0 aliphatic heterocycles. The van der Waals surface area contributed by atoms with Gasteiger partial charge in [0.05, 0.1) is 24.0 Å². The number of carbonyl (C=O) groups is 2. The summed E-state index contributed by atoms with van der Waals surface area (Å²) in [6.45, 7) is 1.20. The van der Waals surface area contributed by atoms with Gasteiger partial charge in [-0.3, -0.25) is 9.59 Å². The number of hydrogen-bond donors (Lipinski definition) is 0. The molecular formula is C22H30O3. The molecule has 4 unspecified atom stereocenters. The number of carbonyl (C=O) groups excluding carboxylic acids is 2. The van der Waals surface area contributed by atoms with Crippen LogP contribution in [0.4, 0.5) is 0 Å². The molecular weight excluding hydrogens is 312 g/mol. The maximum atomic E-state index is 13.0. The molecule has 0 heterocycles. The van der Waals surface area contributed by atoms with Gasteiger partial charge in [0.2, 0.25) is 0 Å². The fraction of sp³-hybridized carbons (Fsp3) is 0.909. The first-order valence-corrected chi connectivity index (χ1v) is 10.7. The molecule has 8 fully saturated rings. The van der Waals surface area contributed by atoms with Gasteiger partial charge in [-0.05, 0) is 87.9 Å². The summed E-state index contributed by atoms with van der Waals surface area (Å²) in [5.74, 6) is 4.74. The van der Waals surface area contributed by atoms with Gasteiger partial charge < -0.3 is 4.74 Å². The molecule has 0 amide bonds. The first-order valence-electron chi connectivity index (χ1n) is 10.7. The Morgan fingerprint density at radius 1 is 0.640 bits per heavy atom. The summed E-state index contributed by atoms with van der Waals surface area (Å²) < 4.78 is 6.30. The van der Waals surface area contributed by atoms with Crippen molar-refractivity contribution in [3.8, 4) is 0 Å². The van der Waals surface area contributed by atoms with Crippen molar-refractivity contribution in [3.63, 3.8) is 0 Å². The molecule has 8 rings (SSSR count). The Balaban J connectivity index is 1.18. The minimum absolute atomic E-state index is 0.180. The Kier molecular flexibility index (Phi) is 3.05. The summed E-state index contributed by atoms with van der Waals surface area (Å²) in [6.07, 6.45) is 11.5. The summed E-state index contributed by atoms with van der Waals surface area (Å²) in [5, 5.41) is 0. The predicted octanol–water partition coefficient (Wildman–Crippen LogP) is 3.79. The highest BCUT2D eigenvalue weighted by Gasteiger charge is 2.59. The van der Waals surface area contributed by atoms with Gasteiger partial charge in [-0.15, -0.1) is 0 Å². The Morgan fingerprint density at radius 3 is 1.36 bits per heavy atom. The zero-order valence-corrected chi connectivity index (χ0v) is 15.2. The molecule has 3 heteroatoms. The van der Waals surface area contributed by atoms with Crippen LogP contribution in [0, 0.1) is 46.3 Å². The lowest BCUT2D eigenvalue weighted by molar-refractivity contribution is -0.171. The number of rotatable bonds is 4. The van der Waals surface area contributed by atoms with Crippen molar-refractivity contribution in [3.05, 3.63) is 0 Å². The van der Waals surface area contributed by atoms with Crippen LogP contribution in [0.15, 0.2) is 0 Å². The molecule has 4 atom stereocenters. The predicted molar refractivity (Wildman–Crippen MR) is 92.8 cm³/mol. The smallest absolute Gasteiger partial charge is 0.144 e. The molecule has 8 saturated carbocycles. The van der Waals surface area contributed by atoms with E-state index in [0.29, 0.717) is 36.6 Å². The van der Waals surface area contributed by atoms with Gasteiger partial charge in [-0.25, -0.2) is 0 Å². The van der Waals surface area contributed by atoms with Gasteiger partial charge in [-0.2, -0.15) is 0 Å². The fourth-order valence-electron chi connectivity index (χ4n) is 8.69. The third kappa shape index (κ3) is 2.08. The summed E-state index contributed by atoms with van der Waals surface area (Å²) in [4.78, 5) is 25.9. The van der Waals surface area contributed by atoms with E-state index in [1.807, 2.05) is 0 Å². The molecule has 0 spiro atoms.